The number of nitrogens with zero attached hydrogens (tertiary/aromatic N) is 1. The van der Waals surface area contributed by atoms with Gasteiger partial charge in [0.1, 0.15) is 5.75 Å². The van der Waals surface area contributed by atoms with E-state index >= 15 is 0 Å². The molecule has 1 atom stereocenters. The minimum absolute atomic E-state index is 0.743. The molecule has 0 aliphatic carbocycles. The molecule has 2 heterocycles. The van der Waals surface area contributed by atoms with Crippen LogP contribution in [0.15, 0.2) is 18.2 Å². The monoisotopic (exact) mass is 274 g/mol. The average Bonchev–Trinajstić information content (AvgIpc) is 3.11. The third-order valence-corrected chi connectivity index (χ3v) is 4.57. The molecule has 1 N–H and O–H groups in total. The summed E-state index contributed by atoms with van der Waals surface area (Å²) in [4.78, 5) is 2.66. The molecular weight excluding hydrogens is 248 g/mol. The molecule has 20 heavy (non-hydrogen) atoms. The lowest BCUT2D eigenvalue weighted by atomic mass is 10.1. The van der Waals surface area contributed by atoms with Gasteiger partial charge in [-0.1, -0.05) is 19.1 Å². The number of hydrogen-bond donors (Lipinski definition) is 1. The third-order valence-electron chi connectivity index (χ3n) is 4.57. The average molecular weight is 274 g/mol. The summed E-state index contributed by atoms with van der Waals surface area (Å²) in [6.07, 6.45) is 4.95. The quantitative estimate of drug-likeness (QED) is 0.861. The van der Waals surface area contributed by atoms with Crippen LogP contribution in [0.1, 0.15) is 30.9 Å². The maximum atomic E-state index is 5.57. The maximum absolute atomic E-state index is 5.57. The van der Waals surface area contributed by atoms with Crippen molar-refractivity contribution in [2.45, 2.75) is 38.6 Å². The standard InChI is InChI=1S/C17H26N2O/c1-2-18-13-16-4-3-9-19(16)10-7-14-5-6-17-15(12-14)8-11-20-17/h5-6,12,16,18H,2-4,7-11,13H2,1H3. The first-order valence-electron chi connectivity index (χ1n) is 8.06. The second kappa shape index (κ2) is 6.59. The Morgan fingerprint density at radius 1 is 1.40 bits per heavy atom. The Bertz CT molecular complexity index is 447. The van der Waals surface area contributed by atoms with Crippen molar-refractivity contribution in [1.29, 1.82) is 0 Å². The van der Waals surface area contributed by atoms with Crippen LogP contribution in [0.5, 0.6) is 5.75 Å². The van der Waals surface area contributed by atoms with Crippen molar-refractivity contribution in [2.75, 3.05) is 32.8 Å². The molecule has 0 bridgehead atoms. The first-order valence-corrected chi connectivity index (χ1v) is 8.06. The topological polar surface area (TPSA) is 24.5 Å². The summed E-state index contributed by atoms with van der Waals surface area (Å²) in [7, 11) is 0. The van der Waals surface area contributed by atoms with E-state index in [1.165, 1.54) is 37.1 Å². The lowest BCUT2D eigenvalue weighted by molar-refractivity contribution is 0.251. The number of nitrogens with one attached hydrogen (secondary N) is 1. The Morgan fingerprint density at radius 2 is 2.35 bits per heavy atom. The summed E-state index contributed by atoms with van der Waals surface area (Å²) in [5.74, 6) is 1.10. The maximum Gasteiger partial charge on any atom is 0.122 e. The lowest BCUT2D eigenvalue weighted by Crippen LogP contribution is -2.38. The Kier molecular flexibility index (Phi) is 4.58. The van der Waals surface area contributed by atoms with E-state index in [-0.39, 0.29) is 0 Å². The normalized spacial score (nSPS) is 21.9. The number of benzene rings is 1. The summed E-state index contributed by atoms with van der Waals surface area (Å²) in [5.41, 5.74) is 2.86. The minimum atomic E-state index is 0.743. The van der Waals surface area contributed by atoms with E-state index in [0.717, 1.165) is 44.3 Å². The highest BCUT2D eigenvalue weighted by Crippen LogP contribution is 2.26. The van der Waals surface area contributed by atoms with Gasteiger partial charge in [0.2, 0.25) is 0 Å². The number of likely N-dealkylation sites (N-methyl/N-ethyl adjacent to an activating group) is 1. The van der Waals surface area contributed by atoms with Crippen LogP contribution < -0.4 is 10.1 Å². The van der Waals surface area contributed by atoms with Crippen molar-refractivity contribution in [2.24, 2.45) is 0 Å². The molecule has 0 saturated carbocycles. The SMILES string of the molecule is CCNCC1CCCN1CCc1ccc2c(c1)CCO2. The molecule has 0 aromatic heterocycles. The van der Waals surface area contributed by atoms with Gasteiger partial charge in [0, 0.05) is 25.6 Å². The molecule has 0 radical (unpaired) electrons. The van der Waals surface area contributed by atoms with Crippen LogP contribution in [0.25, 0.3) is 0 Å². The molecule has 1 aromatic rings. The minimum Gasteiger partial charge on any atom is -0.493 e. The molecule has 0 spiro atoms. The van der Waals surface area contributed by atoms with Gasteiger partial charge in [0.05, 0.1) is 6.61 Å². The highest BCUT2D eigenvalue weighted by atomic mass is 16.5. The van der Waals surface area contributed by atoms with Gasteiger partial charge in [-0.15, -0.1) is 0 Å². The second-order valence-corrected chi connectivity index (χ2v) is 5.93. The smallest absolute Gasteiger partial charge is 0.122 e. The van der Waals surface area contributed by atoms with E-state index in [1.54, 1.807) is 0 Å². The van der Waals surface area contributed by atoms with Gasteiger partial charge >= 0.3 is 0 Å². The van der Waals surface area contributed by atoms with Gasteiger partial charge in [0.25, 0.3) is 0 Å². The highest BCUT2D eigenvalue weighted by Gasteiger charge is 2.23. The number of likely N-dealkylation sites (tertiary alicyclic amines) is 1. The van der Waals surface area contributed by atoms with Crippen LogP contribution in [0.3, 0.4) is 0 Å². The Labute approximate surface area is 122 Å². The van der Waals surface area contributed by atoms with Gasteiger partial charge in [-0.25, -0.2) is 0 Å². The van der Waals surface area contributed by atoms with Crippen LogP contribution in [-0.4, -0.2) is 43.7 Å². The van der Waals surface area contributed by atoms with Crippen molar-refractivity contribution in [3.8, 4) is 5.75 Å². The van der Waals surface area contributed by atoms with Gasteiger partial charge < -0.3 is 10.1 Å². The third kappa shape index (κ3) is 3.15. The summed E-state index contributed by atoms with van der Waals surface area (Å²) in [5, 5.41) is 3.49. The molecule has 1 saturated heterocycles. The van der Waals surface area contributed by atoms with Crippen LogP contribution in [-0.2, 0) is 12.8 Å². The Hall–Kier alpha value is -1.06. The van der Waals surface area contributed by atoms with Crippen LogP contribution in [0.2, 0.25) is 0 Å². The van der Waals surface area contributed by atoms with Gasteiger partial charge in [0.15, 0.2) is 0 Å². The van der Waals surface area contributed by atoms with E-state index in [0.29, 0.717) is 0 Å². The van der Waals surface area contributed by atoms with Gasteiger partial charge in [-0.3, -0.25) is 4.90 Å². The molecule has 3 rings (SSSR count). The van der Waals surface area contributed by atoms with Crippen LogP contribution in [0, 0.1) is 0 Å². The lowest BCUT2D eigenvalue weighted by Gasteiger charge is -2.24. The van der Waals surface area contributed by atoms with Crippen molar-refractivity contribution in [3.05, 3.63) is 29.3 Å². The molecule has 1 unspecified atom stereocenters. The molecule has 3 heteroatoms. The molecule has 3 nitrogen and oxygen atoms in total. The fourth-order valence-corrected chi connectivity index (χ4v) is 3.40. The molecule has 0 amide bonds. The van der Waals surface area contributed by atoms with E-state index in [4.69, 9.17) is 4.74 Å². The largest absolute Gasteiger partial charge is 0.493 e. The molecule has 1 fully saturated rings. The summed E-state index contributed by atoms with van der Waals surface area (Å²) < 4.78 is 5.57. The zero-order chi connectivity index (χ0) is 13.8. The van der Waals surface area contributed by atoms with E-state index in [2.05, 4.69) is 35.3 Å². The first kappa shape index (κ1) is 13.9. The van der Waals surface area contributed by atoms with E-state index in [1.807, 2.05) is 0 Å². The van der Waals surface area contributed by atoms with Crippen molar-refractivity contribution in [3.63, 3.8) is 0 Å². The molecule has 2 aliphatic rings. The number of rotatable bonds is 6. The highest BCUT2D eigenvalue weighted by molar-refractivity contribution is 5.39. The predicted molar refractivity (Wildman–Crippen MR) is 82.5 cm³/mol. The number of hydrogen-bond acceptors (Lipinski definition) is 3. The summed E-state index contributed by atoms with van der Waals surface area (Å²) in [6, 6.07) is 7.47. The second-order valence-electron chi connectivity index (χ2n) is 5.93. The molecular formula is C17H26N2O. The molecule has 1 aromatic carbocycles. The number of fused-ring (bicyclic) bond motifs is 1. The van der Waals surface area contributed by atoms with Crippen molar-refractivity contribution < 1.29 is 4.74 Å². The van der Waals surface area contributed by atoms with Gasteiger partial charge in [-0.05, 0) is 49.5 Å². The zero-order valence-corrected chi connectivity index (χ0v) is 12.5. The van der Waals surface area contributed by atoms with Crippen LogP contribution >= 0.6 is 0 Å². The molecule has 2 aliphatic heterocycles. The number of ether oxygens (including phenoxy) is 1. The Balaban J connectivity index is 1.53. The van der Waals surface area contributed by atoms with Gasteiger partial charge in [-0.2, -0.15) is 0 Å². The first-order chi connectivity index (χ1) is 9.86. The van der Waals surface area contributed by atoms with E-state index < -0.39 is 0 Å². The summed E-state index contributed by atoms with van der Waals surface area (Å²) in [6.45, 7) is 7.73. The zero-order valence-electron chi connectivity index (χ0n) is 12.5. The van der Waals surface area contributed by atoms with Crippen molar-refractivity contribution in [1.82, 2.24) is 10.2 Å². The van der Waals surface area contributed by atoms with E-state index in [9.17, 15) is 0 Å². The molecule has 110 valence electrons. The Morgan fingerprint density at radius 3 is 3.25 bits per heavy atom. The summed E-state index contributed by atoms with van der Waals surface area (Å²) >= 11 is 0. The fraction of sp³-hybridized carbons (Fsp3) is 0.647. The van der Waals surface area contributed by atoms with Crippen LogP contribution in [0.4, 0.5) is 0 Å². The predicted octanol–water partition coefficient (Wildman–Crippen LogP) is 2.24. The van der Waals surface area contributed by atoms with Crippen molar-refractivity contribution >= 4 is 0 Å². The fourth-order valence-electron chi connectivity index (χ4n) is 3.40.